The first kappa shape index (κ1) is 16.0. The van der Waals surface area contributed by atoms with E-state index in [0.717, 1.165) is 4.31 Å². The summed E-state index contributed by atoms with van der Waals surface area (Å²) in [6, 6.07) is 2.80. The molecule has 6 nitrogen and oxygen atoms in total. The third-order valence-electron chi connectivity index (χ3n) is 3.02. The average molecular weight is 387 g/mol. The Bertz CT molecular complexity index is 613. The number of sulfonamides is 1. The summed E-state index contributed by atoms with van der Waals surface area (Å²) >= 11 is 9.07. The zero-order chi connectivity index (χ0) is 15.1. The first-order valence-corrected chi connectivity index (χ1v) is 8.27. The summed E-state index contributed by atoms with van der Waals surface area (Å²) in [6.07, 6.45) is -2.20. The molecule has 0 spiro atoms. The summed E-state index contributed by atoms with van der Waals surface area (Å²) in [6.45, 7) is -0.340. The Labute approximate surface area is 130 Å². The second-order valence-corrected chi connectivity index (χ2v) is 7.57. The number of rotatable bonds is 3. The highest BCUT2D eigenvalue weighted by molar-refractivity contribution is 9.10. The summed E-state index contributed by atoms with van der Waals surface area (Å²) < 4.78 is 31.6. The number of β-amino-alcohol motifs (C(OH)–C–C–N with tert-alkyl or cyclic N) is 2. The highest BCUT2D eigenvalue weighted by Gasteiger charge is 2.39. The molecule has 0 aromatic heterocycles. The van der Waals surface area contributed by atoms with Crippen LogP contribution in [-0.4, -0.2) is 55.3 Å². The molecule has 20 heavy (non-hydrogen) atoms. The Morgan fingerprint density at radius 3 is 2.40 bits per heavy atom. The maximum absolute atomic E-state index is 12.6. The van der Waals surface area contributed by atoms with E-state index >= 15 is 0 Å². The maximum Gasteiger partial charge on any atom is 0.247 e. The van der Waals surface area contributed by atoms with E-state index in [1.807, 2.05) is 0 Å². The molecule has 0 aliphatic carbocycles. The smallest absolute Gasteiger partial charge is 0.247 e. The van der Waals surface area contributed by atoms with Crippen molar-refractivity contribution in [1.29, 1.82) is 0 Å². The van der Waals surface area contributed by atoms with Gasteiger partial charge in [-0.3, -0.25) is 0 Å². The van der Waals surface area contributed by atoms with E-state index in [0.29, 0.717) is 4.47 Å². The van der Waals surface area contributed by atoms with Gasteiger partial charge in [0.2, 0.25) is 10.0 Å². The lowest BCUT2D eigenvalue weighted by Crippen LogP contribution is -2.30. The van der Waals surface area contributed by atoms with Crippen LogP contribution in [0.3, 0.4) is 0 Å². The third kappa shape index (κ3) is 2.81. The van der Waals surface area contributed by atoms with Crippen molar-refractivity contribution >= 4 is 37.6 Å². The van der Waals surface area contributed by atoms with Gasteiger partial charge in [-0.25, -0.2) is 8.42 Å². The fourth-order valence-corrected chi connectivity index (χ4v) is 4.84. The minimum Gasteiger partial charge on any atom is -0.494 e. The molecule has 1 aliphatic rings. The number of hydrogen-bond donors (Lipinski definition) is 2. The van der Waals surface area contributed by atoms with E-state index in [1.54, 1.807) is 0 Å². The van der Waals surface area contributed by atoms with Gasteiger partial charge >= 0.3 is 0 Å². The van der Waals surface area contributed by atoms with E-state index in [-0.39, 0.29) is 28.8 Å². The number of halogens is 2. The number of aliphatic hydroxyl groups is 2. The van der Waals surface area contributed by atoms with Crippen LogP contribution in [-0.2, 0) is 10.0 Å². The van der Waals surface area contributed by atoms with E-state index in [1.165, 1.54) is 19.2 Å². The number of ether oxygens (including phenoxy) is 1. The number of benzene rings is 1. The van der Waals surface area contributed by atoms with Gasteiger partial charge in [-0.1, -0.05) is 11.6 Å². The molecule has 0 saturated carbocycles. The highest BCUT2D eigenvalue weighted by atomic mass is 79.9. The quantitative estimate of drug-likeness (QED) is 0.804. The van der Waals surface area contributed by atoms with E-state index in [9.17, 15) is 18.6 Å². The van der Waals surface area contributed by atoms with Crippen LogP contribution in [0.2, 0.25) is 5.02 Å². The summed E-state index contributed by atoms with van der Waals surface area (Å²) in [5.41, 5.74) is 0. The largest absolute Gasteiger partial charge is 0.494 e. The monoisotopic (exact) mass is 385 g/mol. The number of nitrogens with zero attached hydrogens (tertiary/aromatic N) is 1. The minimum atomic E-state index is -3.92. The van der Waals surface area contributed by atoms with Gasteiger partial charge in [-0.15, -0.1) is 0 Å². The van der Waals surface area contributed by atoms with Gasteiger partial charge in [0.05, 0.1) is 23.8 Å². The standard InChI is InChI=1S/C11H13BrClNO5S/c1-19-11-7(12)2-6(13)3-10(11)20(17,18)14-4-8(15)9(16)5-14/h2-3,8-9,15-16H,4-5H2,1H3/t8-,9+. The fourth-order valence-electron chi connectivity index (χ4n) is 2.00. The molecule has 9 heteroatoms. The average Bonchev–Trinajstić information content (AvgIpc) is 2.69. The second kappa shape index (κ2) is 5.78. The number of aliphatic hydroxyl groups excluding tert-OH is 2. The molecule has 2 rings (SSSR count). The topological polar surface area (TPSA) is 87.1 Å². The molecule has 1 fully saturated rings. The SMILES string of the molecule is COc1c(Br)cc(Cl)cc1S(=O)(=O)N1C[C@@H](O)[C@@H](O)C1. The molecule has 1 aromatic carbocycles. The van der Waals surface area contributed by atoms with Gasteiger partial charge in [0, 0.05) is 18.1 Å². The van der Waals surface area contributed by atoms with Crippen LogP contribution in [0.15, 0.2) is 21.5 Å². The molecule has 1 saturated heterocycles. The predicted octanol–water partition coefficient (Wildman–Crippen LogP) is 0.837. The lowest BCUT2D eigenvalue weighted by molar-refractivity contribution is 0.0572. The van der Waals surface area contributed by atoms with Crippen LogP contribution in [0.1, 0.15) is 0 Å². The molecule has 2 atom stereocenters. The molecule has 1 heterocycles. The summed E-state index contributed by atoms with van der Waals surface area (Å²) in [7, 11) is -2.57. The van der Waals surface area contributed by atoms with Gasteiger partial charge in [-0.05, 0) is 28.1 Å². The van der Waals surface area contributed by atoms with Crippen molar-refractivity contribution in [1.82, 2.24) is 4.31 Å². The molecule has 2 N–H and O–H groups in total. The van der Waals surface area contributed by atoms with E-state index in [4.69, 9.17) is 16.3 Å². The molecular weight excluding hydrogens is 374 g/mol. The van der Waals surface area contributed by atoms with Gasteiger partial charge in [0.25, 0.3) is 0 Å². The Balaban J connectivity index is 2.50. The molecular formula is C11H13BrClNO5S. The molecule has 112 valence electrons. The maximum atomic E-state index is 12.6. The van der Waals surface area contributed by atoms with E-state index in [2.05, 4.69) is 15.9 Å². The van der Waals surface area contributed by atoms with Crippen LogP contribution in [0.4, 0.5) is 0 Å². The lowest BCUT2D eigenvalue weighted by atomic mass is 10.3. The summed E-state index contributed by atoms with van der Waals surface area (Å²) in [5, 5.41) is 19.2. The van der Waals surface area contributed by atoms with Crippen LogP contribution in [0.25, 0.3) is 0 Å². The van der Waals surface area contributed by atoms with Crippen molar-refractivity contribution in [2.75, 3.05) is 20.2 Å². The van der Waals surface area contributed by atoms with Crippen molar-refractivity contribution in [2.24, 2.45) is 0 Å². The van der Waals surface area contributed by atoms with Crippen molar-refractivity contribution in [3.63, 3.8) is 0 Å². The third-order valence-corrected chi connectivity index (χ3v) is 5.67. The van der Waals surface area contributed by atoms with Crippen LogP contribution in [0, 0.1) is 0 Å². The Morgan fingerprint density at radius 1 is 1.35 bits per heavy atom. The summed E-state index contributed by atoms with van der Waals surface area (Å²) in [5.74, 6) is 0.130. The second-order valence-electron chi connectivity index (χ2n) is 4.38. The zero-order valence-corrected chi connectivity index (χ0v) is 13.6. The summed E-state index contributed by atoms with van der Waals surface area (Å²) in [4.78, 5) is -0.110. The van der Waals surface area contributed by atoms with Gasteiger partial charge in [0.15, 0.2) is 5.75 Å². The van der Waals surface area contributed by atoms with Crippen LogP contribution >= 0.6 is 27.5 Å². The van der Waals surface area contributed by atoms with Crippen LogP contribution in [0.5, 0.6) is 5.75 Å². The minimum absolute atomic E-state index is 0.110. The first-order valence-electron chi connectivity index (χ1n) is 5.66. The van der Waals surface area contributed by atoms with Gasteiger partial charge < -0.3 is 14.9 Å². The van der Waals surface area contributed by atoms with Gasteiger partial charge in [-0.2, -0.15) is 4.31 Å². The number of hydrogen-bond acceptors (Lipinski definition) is 5. The van der Waals surface area contributed by atoms with E-state index < -0.39 is 22.2 Å². The Hall–Kier alpha value is -0.380. The van der Waals surface area contributed by atoms with Gasteiger partial charge in [0.1, 0.15) is 4.90 Å². The molecule has 0 amide bonds. The van der Waals surface area contributed by atoms with Crippen molar-refractivity contribution in [2.45, 2.75) is 17.1 Å². The molecule has 0 radical (unpaired) electrons. The zero-order valence-electron chi connectivity index (χ0n) is 10.5. The normalized spacial score (nSPS) is 24.1. The molecule has 1 aliphatic heterocycles. The fraction of sp³-hybridized carbons (Fsp3) is 0.455. The Kier molecular flexibility index (Phi) is 4.63. The molecule has 1 aromatic rings. The van der Waals surface area contributed by atoms with Crippen molar-refractivity contribution in [3.8, 4) is 5.75 Å². The number of methoxy groups -OCH3 is 1. The Morgan fingerprint density at radius 2 is 1.90 bits per heavy atom. The molecule has 0 bridgehead atoms. The lowest BCUT2D eigenvalue weighted by Gasteiger charge is -2.18. The van der Waals surface area contributed by atoms with Crippen molar-refractivity contribution < 1.29 is 23.4 Å². The van der Waals surface area contributed by atoms with Crippen molar-refractivity contribution in [3.05, 3.63) is 21.6 Å². The molecule has 0 unspecified atom stereocenters. The van der Waals surface area contributed by atoms with Crippen LogP contribution < -0.4 is 4.74 Å². The first-order chi connectivity index (χ1) is 9.27. The highest BCUT2D eigenvalue weighted by Crippen LogP contribution is 2.37. The predicted molar refractivity (Wildman–Crippen MR) is 76.5 cm³/mol.